The average Bonchev–Trinajstić information content (AvgIpc) is 2.63. The summed E-state index contributed by atoms with van der Waals surface area (Å²) in [7, 11) is 0. The molecule has 3 heteroatoms. The number of aromatic nitrogens is 1. The Morgan fingerprint density at radius 3 is 2.41 bits per heavy atom. The van der Waals surface area contributed by atoms with Crippen molar-refractivity contribution in [1.29, 1.82) is 0 Å². The Bertz CT molecular complexity index is 499. The van der Waals surface area contributed by atoms with Crippen molar-refractivity contribution >= 4 is 11.3 Å². The van der Waals surface area contributed by atoms with Crippen molar-refractivity contribution < 1.29 is 5.11 Å². The lowest BCUT2D eigenvalue weighted by atomic mass is 9.92. The first kappa shape index (κ1) is 12.3. The molecule has 2 nitrogen and oxygen atoms in total. The van der Waals surface area contributed by atoms with Gasteiger partial charge < -0.3 is 5.11 Å². The lowest BCUT2D eigenvalue weighted by Crippen LogP contribution is -2.24. The molecule has 0 bridgehead atoms. The van der Waals surface area contributed by atoms with Gasteiger partial charge >= 0.3 is 0 Å². The Hall–Kier alpha value is -1.19. The minimum Gasteiger partial charge on any atom is -0.385 e. The van der Waals surface area contributed by atoms with Crippen LogP contribution in [0.2, 0.25) is 0 Å². The zero-order chi connectivity index (χ0) is 12.5. The highest BCUT2D eigenvalue weighted by atomic mass is 32.1. The number of hydrogen-bond donors (Lipinski definition) is 1. The Labute approximate surface area is 106 Å². The summed E-state index contributed by atoms with van der Waals surface area (Å²) in [5.74, 6) is 0. The molecule has 0 saturated carbocycles. The van der Waals surface area contributed by atoms with Crippen LogP contribution in [0.5, 0.6) is 0 Å². The molecule has 90 valence electrons. The van der Waals surface area contributed by atoms with Gasteiger partial charge in [-0.3, -0.25) is 0 Å². The van der Waals surface area contributed by atoms with Gasteiger partial charge in [0.25, 0.3) is 0 Å². The quantitative estimate of drug-likeness (QED) is 0.903. The van der Waals surface area contributed by atoms with Crippen LogP contribution in [0.25, 0.3) is 0 Å². The molecule has 0 amide bonds. The van der Waals surface area contributed by atoms with E-state index in [0.717, 1.165) is 16.3 Å². The third-order valence-electron chi connectivity index (χ3n) is 2.84. The van der Waals surface area contributed by atoms with E-state index in [1.165, 1.54) is 5.56 Å². The molecule has 0 aliphatic rings. The molecule has 0 radical (unpaired) electrons. The SMILES string of the molecule is Cc1ccc(C(C)(O)Cc2nc(C)cs2)cc1. The van der Waals surface area contributed by atoms with Gasteiger partial charge in [0.2, 0.25) is 0 Å². The highest BCUT2D eigenvalue weighted by Crippen LogP contribution is 2.26. The van der Waals surface area contributed by atoms with Crippen molar-refractivity contribution in [3.05, 3.63) is 51.5 Å². The molecule has 17 heavy (non-hydrogen) atoms. The summed E-state index contributed by atoms with van der Waals surface area (Å²) < 4.78 is 0. The number of aryl methyl sites for hydroxylation is 2. The predicted octanol–water partition coefficient (Wildman–Crippen LogP) is 3.21. The predicted molar refractivity (Wildman–Crippen MR) is 71.3 cm³/mol. The van der Waals surface area contributed by atoms with Gasteiger partial charge in [-0.15, -0.1) is 11.3 Å². The molecule has 0 fully saturated rings. The maximum absolute atomic E-state index is 10.5. The molecule has 1 unspecified atom stereocenters. The molecular weight excluding hydrogens is 230 g/mol. The number of thiazole rings is 1. The van der Waals surface area contributed by atoms with Crippen LogP contribution in [0.3, 0.4) is 0 Å². The van der Waals surface area contributed by atoms with Gasteiger partial charge in [-0.2, -0.15) is 0 Å². The Morgan fingerprint density at radius 2 is 1.88 bits per heavy atom. The molecule has 0 aliphatic carbocycles. The third kappa shape index (κ3) is 2.93. The first-order valence-corrected chi connectivity index (χ1v) is 6.56. The van der Waals surface area contributed by atoms with E-state index in [1.807, 2.05) is 50.4 Å². The fraction of sp³-hybridized carbons (Fsp3) is 0.357. The fourth-order valence-electron chi connectivity index (χ4n) is 1.79. The second kappa shape index (κ2) is 4.59. The van der Waals surface area contributed by atoms with Crippen molar-refractivity contribution in [2.24, 2.45) is 0 Å². The third-order valence-corrected chi connectivity index (χ3v) is 3.80. The first-order chi connectivity index (χ1) is 7.97. The van der Waals surface area contributed by atoms with Crippen LogP contribution in [0.1, 0.15) is 28.8 Å². The lowest BCUT2D eigenvalue weighted by Gasteiger charge is -2.22. The molecule has 2 rings (SSSR count). The summed E-state index contributed by atoms with van der Waals surface area (Å²) in [6.45, 7) is 5.86. The Morgan fingerprint density at radius 1 is 1.24 bits per heavy atom. The van der Waals surface area contributed by atoms with Gasteiger partial charge in [-0.1, -0.05) is 29.8 Å². The van der Waals surface area contributed by atoms with Crippen molar-refractivity contribution in [2.75, 3.05) is 0 Å². The molecule has 1 aromatic carbocycles. The number of aliphatic hydroxyl groups is 1. The number of nitrogens with zero attached hydrogens (tertiary/aromatic N) is 1. The smallest absolute Gasteiger partial charge is 0.0960 e. The number of benzene rings is 1. The molecule has 2 aromatic rings. The zero-order valence-corrected chi connectivity index (χ0v) is 11.2. The minimum absolute atomic E-state index is 0.564. The standard InChI is InChI=1S/C14H17NOS/c1-10-4-6-12(7-5-10)14(3,16)8-13-15-11(2)9-17-13/h4-7,9,16H,8H2,1-3H3. The van der Waals surface area contributed by atoms with Gasteiger partial charge in [0.15, 0.2) is 0 Å². The summed E-state index contributed by atoms with van der Waals surface area (Å²) in [4.78, 5) is 4.40. The minimum atomic E-state index is -0.849. The second-order valence-corrected chi connectivity index (χ2v) is 5.64. The van der Waals surface area contributed by atoms with E-state index in [0.29, 0.717) is 6.42 Å². The van der Waals surface area contributed by atoms with Crippen LogP contribution in [0, 0.1) is 13.8 Å². The normalized spacial score (nSPS) is 14.6. The lowest BCUT2D eigenvalue weighted by molar-refractivity contribution is 0.0575. The summed E-state index contributed by atoms with van der Waals surface area (Å²) >= 11 is 1.60. The van der Waals surface area contributed by atoms with Crippen LogP contribution in [-0.2, 0) is 12.0 Å². The van der Waals surface area contributed by atoms with E-state index in [-0.39, 0.29) is 0 Å². The van der Waals surface area contributed by atoms with Crippen molar-refractivity contribution in [1.82, 2.24) is 4.98 Å². The maximum atomic E-state index is 10.5. The van der Waals surface area contributed by atoms with Crippen LogP contribution < -0.4 is 0 Å². The fourth-order valence-corrected chi connectivity index (χ4v) is 2.71. The average molecular weight is 247 g/mol. The van der Waals surface area contributed by atoms with Gasteiger partial charge in [0, 0.05) is 17.5 Å². The molecule has 0 saturated heterocycles. The summed E-state index contributed by atoms with van der Waals surface area (Å²) in [5.41, 5.74) is 2.31. The largest absolute Gasteiger partial charge is 0.385 e. The van der Waals surface area contributed by atoms with Gasteiger partial charge in [0.05, 0.1) is 10.6 Å². The monoisotopic (exact) mass is 247 g/mol. The molecule has 0 aliphatic heterocycles. The van der Waals surface area contributed by atoms with Crippen LogP contribution in [0.15, 0.2) is 29.6 Å². The molecule has 0 spiro atoms. The zero-order valence-electron chi connectivity index (χ0n) is 10.4. The summed E-state index contributed by atoms with van der Waals surface area (Å²) in [6, 6.07) is 8.01. The topological polar surface area (TPSA) is 33.1 Å². The highest BCUT2D eigenvalue weighted by molar-refractivity contribution is 7.09. The molecule has 1 N–H and O–H groups in total. The van der Waals surface area contributed by atoms with E-state index in [2.05, 4.69) is 4.98 Å². The van der Waals surface area contributed by atoms with Crippen LogP contribution in [-0.4, -0.2) is 10.1 Å². The van der Waals surface area contributed by atoms with Gasteiger partial charge in [0.1, 0.15) is 0 Å². The van der Waals surface area contributed by atoms with Crippen molar-refractivity contribution in [2.45, 2.75) is 32.8 Å². The molecule has 1 heterocycles. The van der Waals surface area contributed by atoms with E-state index < -0.39 is 5.60 Å². The molecule has 1 aromatic heterocycles. The number of hydrogen-bond acceptors (Lipinski definition) is 3. The first-order valence-electron chi connectivity index (χ1n) is 5.68. The molecule has 1 atom stereocenters. The van der Waals surface area contributed by atoms with Crippen LogP contribution >= 0.6 is 11.3 Å². The maximum Gasteiger partial charge on any atom is 0.0960 e. The van der Waals surface area contributed by atoms with Crippen molar-refractivity contribution in [3.63, 3.8) is 0 Å². The second-order valence-electron chi connectivity index (χ2n) is 4.70. The Kier molecular flexibility index (Phi) is 3.31. The van der Waals surface area contributed by atoms with E-state index in [4.69, 9.17) is 0 Å². The van der Waals surface area contributed by atoms with E-state index >= 15 is 0 Å². The van der Waals surface area contributed by atoms with E-state index in [9.17, 15) is 5.11 Å². The number of rotatable bonds is 3. The van der Waals surface area contributed by atoms with Crippen molar-refractivity contribution in [3.8, 4) is 0 Å². The molecular formula is C14H17NOS. The van der Waals surface area contributed by atoms with Gasteiger partial charge in [-0.05, 0) is 26.3 Å². The van der Waals surface area contributed by atoms with Gasteiger partial charge in [-0.25, -0.2) is 4.98 Å². The summed E-state index contributed by atoms with van der Waals surface area (Å²) in [6.07, 6.45) is 0.564. The summed E-state index contributed by atoms with van der Waals surface area (Å²) in [5, 5.41) is 13.5. The van der Waals surface area contributed by atoms with Crippen LogP contribution in [0.4, 0.5) is 0 Å². The highest BCUT2D eigenvalue weighted by Gasteiger charge is 2.24. The van der Waals surface area contributed by atoms with E-state index in [1.54, 1.807) is 11.3 Å². The Balaban J connectivity index is 2.21.